The van der Waals surface area contributed by atoms with Gasteiger partial charge in [0.05, 0.1) is 6.42 Å². The molecule has 0 aliphatic heterocycles. The van der Waals surface area contributed by atoms with Crippen LogP contribution in [0, 0.1) is 0 Å². The summed E-state index contributed by atoms with van der Waals surface area (Å²) in [5.41, 5.74) is -5.45. The third-order valence-corrected chi connectivity index (χ3v) is 3.22. The summed E-state index contributed by atoms with van der Waals surface area (Å²) in [6.07, 6.45) is -14.2. The molecule has 0 fully saturated rings. The number of carbonyl (C=O) groups is 1. The Morgan fingerprint density at radius 2 is 1.50 bits per heavy atom. The Morgan fingerprint density at radius 1 is 1.05 bits per heavy atom. The highest BCUT2D eigenvalue weighted by atomic mass is 79.9. The van der Waals surface area contributed by atoms with E-state index in [1.165, 1.54) is 18.2 Å². The molecule has 0 aromatic heterocycles. The van der Waals surface area contributed by atoms with Crippen LogP contribution in [-0.2, 0) is 0 Å². The van der Waals surface area contributed by atoms with Crippen LogP contribution in [0.5, 0.6) is 0 Å². The first-order valence-corrected chi connectivity index (χ1v) is 5.83. The van der Waals surface area contributed by atoms with Gasteiger partial charge < -0.3 is 5.11 Å². The lowest BCUT2D eigenvalue weighted by molar-refractivity contribution is -0.365. The number of benzene rings is 1. The monoisotopic (exact) mass is 364 g/mol. The number of ketones is 1. The van der Waals surface area contributed by atoms with E-state index >= 15 is 0 Å². The number of rotatable bonds is 3. The van der Waals surface area contributed by atoms with Gasteiger partial charge in [0.15, 0.2) is 5.78 Å². The van der Waals surface area contributed by atoms with Crippen LogP contribution in [0.1, 0.15) is 16.8 Å². The van der Waals surface area contributed by atoms with Crippen LogP contribution >= 0.6 is 15.9 Å². The molecule has 0 saturated heterocycles. The van der Waals surface area contributed by atoms with Crippen molar-refractivity contribution in [2.45, 2.75) is 24.4 Å². The topological polar surface area (TPSA) is 37.3 Å². The average molecular weight is 365 g/mol. The lowest BCUT2D eigenvalue weighted by atomic mass is 9.92. The quantitative estimate of drug-likeness (QED) is 0.652. The Balaban J connectivity index is 3.17. The number of hydrogen-bond donors (Lipinski definition) is 1. The summed E-state index contributed by atoms with van der Waals surface area (Å²) in [6, 6.07) is 5.05. The molecule has 0 aliphatic carbocycles. The van der Waals surface area contributed by atoms with Gasteiger partial charge in [-0.15, -0.1) is 0 Å². The molecule has 0 aliphatic rings. The second-order valence-corrected chi connectivity index (χ2v) is 4.79. The lowest BCUT2D eigenvalue weighted by Crippen LogP contribution is -2.57. The largest absolute Gasteiger partial charge is 0.426 e. The summed E-state index contributed by atoms with van der Waals surface area (Å²) < 4.78 is 74.7. The zero-order valence-corrected chi connectivity index (χ0v) is 11.1. The maximum Gasteiger partial charge on any atom is 0.426 e. The zero-order chi connectivity index (χ0) is 15.8. The second kappa shape index (κ2) is 5.36. The minimum Gasteiger partial charge on any atom is -0.373 e. The van der Waals surface area contributed by atoms with E-state index in [2.05, 4.69) is 15.9 Å². The predicted molar refractivity (Wildman–Crippen MR) is 60.1 cm³/mol. The second-order valence-electron chi connectivity index (χ2n) is 3.94. The van der Waals surface area contributed by atoms with Crippen LogP contribution in [0.2, 0.25) is 0 Å². The van der Waals surface area contributed by atoms with Crippen molar-refractivity contribution in [2.24, 2.45) is 0 Å². The fraction of sp³-hybridized carbons (Fsp3) is 0.364. The van der Waals surface area contributed by atoms with Crippen LogP contribution in [0.4, 0.5) is 26.3 Å². The Hall–Kier alpha value is -1.09. The fourth-order valence-electron chi connectivity index (χ4n) is 1.38. The molecule has 9 heteroatoms. The summed E-state index contributed by atoms with van der Waals surface area (Å²) in [5.74, 6) is -1.48. The van der Waals surface area contributed by atoms with E-state index < -0.39 is 30.2 Å². The molecule has 0 atom stereocenters. The third-order valence-electron chi connectivity index (χ3n) is 2.53. The molecule has 0 amide bonds. The Kier molecular flexibility index (Phi) is 4.55. The molecule has 0 radical (unpaired) electrons. The normalized spacial score (nSPS) is 13.4. The lowest BCUT2D eigenvalue weighted by Gasteiger charge is -2.31. The summed E-state index contributed by atoms with van der Waals surface area (Å²) in [6.45, 7) is 0. The van der Waals surface area contributed by atoms with Gasteiger partial charge in [0.1, 0.15) is 0 Å². The molecule has 0 bridgehead atoms. The van der Waals surface area contributed by atoms with E-state index in [0.29, 0.717) is 0 Å². The fourth-order valence-corrected chi connectivity index (χ4v) is 1.88. The number of alkyl halides is 6. The summed E-state index contributed by atoms with van der Waals surface area (Å²) >= 11 is 2.84. The first-order chi connectivity index (χ1) is 8.90. The summed E-state index contributed by atoms with van der Waals surface area (Å²) in [5, 5.41) is 8.92. The van der Waals surface area contributed by atoms with Crippen molar-refractivity contribution in [3.8, 4) is 0 Å². The van der Waals surface area contributed by atoms with Crippen molar-refractivity contribution in [3.63, 3.8) is 0 Å². The van der Waals surface area contributed by atoms with Crippen molar-refractivity contribution in [2.75, 3.05) is 0 Å². The zero-order valence-electron chi connectivity index (χ0n) is 9.52. The van der Waals surface area contributed by atoms with E-state index in [9.17, 15) is 31.1 Å². The molecule has 0 unspecified atom stereocenters. The summed E-state index contributed by atoms with van der Waals surface area (Å²) in [7, 11) is 0. The minimum absolute atomic E-state index is 0.0386. The van der Waals surface area contributed by atoms with Gasteiger partial charge in [-0.05, 0) is 6.07 Å². The van der Waals surface area contributed by atoms with E-state index in [1.807, 2.05) is 0 Å². The summed E-state index contributed by atoms with van der Waals surface area (Å²) in [4.78, 5) is 11.6. The van der Waals surface area contributed by atoms with E-state index in [1.54, 1.807) is 0 Å². The van der Waals surface area contributed by atoms with Crippen LogP contribution in [0.15, 0.2) is 28.7 Å². The van der Waals surface area contributed by atoms with Crippen molar-refractivity contribution >= 4 is 21.7 Å². The number of carbonyl (C=O) groups excluding carboxylic acids is 1. The van der Waals surface area contributed by atoms with Crippen molar-refractivity contribution < 1.29 is 36.2 Å². The van der Waals surface area contributed by atoms with Crippen molar-refractivity contribution in [1.82, 2.24) is 0 Å². The van der Waals surface area contributed by atoms with Crippen LogP contribution in [0.25, 0.3) is 0 Å². The van der Waals surface area contributed by atoms with E-state index in [0.717, 1.165) is 6.07 Å². The van der Waals surface area contributed by atoms with Gasteiger partial charge in [-0.1, -0.05) is 34.1 Å². The molecule has 20 heavy (non-hydrogen) atoms. The van der Waals surface area contributed by atoms with E-state index in [4.69, 9.17) is 5.11 Å². The van der Waals surface area contributed by atoms with E-state index in [-0.39, 0.29) is 10.0 Å². The van der Waals surface area contributed by atoms with Gasteiger partial charge in [0.2, 0.25) is 0 Å². The maximum atomic E-state index is 12.4. The molecule has 1 aromatic carbocycles. The van der Waals surface area contributed by atoms with Crippen LogP contribution in [0.3, 0.4) is 0 Å². The first-order valence-electron chi connectivity index (χ1n) is 5.04. The first kappa shape index (κ1) is 17.0. The molecule has 0 saturated carbocycles. The molecular weight excluding hydrogens is 358 g/mol. The van der Waals surface area contributed by atoms with Gasteiger partial charge in [0.25, 0.3) is 5.60 Å². The maximum absolute atomic E-state index is 12.4. The van der Waals surface area contributed by atoms with Gasteiger partial charge in [-0.25, -0.2) is 0 Å². The molecule has 112 valence electrons. The van der Waals surface area contributed by atoms with Crippen LogP contribution in [-0.4, -0.2) is 28.8 Å². The predicted octanol–water partition coefficient (Wildman–Crippen LogP) is 3.88. The highest BCUT2D eigenvalue weighted by Crippen LogP contribution is 2.45. The Morgan fingerprint density at radius 3 is 1.90 bits per heavy atom. The van der Waals surface area contributed by atoms with Gasteiger partial charge in [-0.3, -0.25) is 4.79 Å². The molecule has 2 nitrogen and oxygen atoms in total. The van der Waals surface area contributed by atoms with Crippen molar-refractivity contribution in [3.05, 3.63) is 34.3 Å². The van der Waals surface area contributed by atoms with Gasteiger partial charge in [-0.2, -0.15) is 26.3 Å². The SMILES string of the molecule is O=C(CC(O)(C(F)(F)F)C(F)(F)F)c1ccccc1Br. The average Bonchev–Trinajstić information content (AvgIpc) is 2.26. The van der Waals surface area contributed by atoms with Gasteiger partial charge >= 0.3 is 12.4 Å². The molecule has 1 rings (SSSR count). The molecule has 1 N–H and O–H groups in total. The Bertz CT molecular complexity index is 494. The highest BCUT2D eigenvalue weighted by Gasteiger charge is 2.70. The third kappa shape index (κ3) is 3.14. The number of halogens is 7. The van der Waals surface area contributed by atoms with Crippen molar-refractivity contribution in [1.29, 1.82) is 0 Å². The van der Waals surface area contributed by atoms with Gasteiger partial charge in [0, 0.05) is 10.0 Å². The molecule has 1 aromatic rings. The number of aliphatic hydroxyl groups is 1. The highest BCUT2D eigenvalue weighted by molar-refractivity contribution is 9.10. The molecular formula is C11H7BrF6O2. The number of Topliss-reactive ketones (excluding diaryl/α,β-unsaturated/α-hetero) is 1. The standard InChI is InChI=1S/C11H7BrF6O2/c12-7-4-2-1-3-6(7)8(19)5-9(20,10(13,14)15)11(16,17)18/h1-4,20H,5H2. The number of hydrogen-bond acceptors (Lipinski definition) is 2. The smallest absolute Gasteiger partial charge is 0.373 e. The molecule has 0 heterocycles. The minimum atomic E-state index is -6.01. The van der Waals surface area contributed by atoms with Crippen LogP contribution < -0.4 is 0 Å². The Labute approximate surface area is 117 Å². The molecule has 0 spiro atoms.